The number of nitrogens with one attached hydrogen (secondary N) is 1. The van der Waals surface area contributed by atoms with Crippen molar-refractivity contribution < 1.29 is 4.74 Å². The Labute approximate surface area is 120 Å². The quantitative estimate of drug-likeness (QED) is 0.869. The molecular weight excluding hydrogens is 246 g/mol. The van der Waals surface area contributed by atoms with Crippen molar-refractivity contribution in [3.8, 4) is 0 Å². The standard InChI is InChI=1S/C18H21NO/c1-3-7-15(8-4-1)11-17(19-18-13-20-14-18)12-16-9-5-2-6-10-16/h1-10,17-19H,11-14H2. The third kappa shape index (κ3) is 3.69. The molecule has 0 bridgehead atoms. The number of ether oxygens (including phenoxy) is 1. The first-order valence-electron chi connectivity index (χ1n) is 7.32. The van der Waals surface area contributed by atoms with Crippen molar-refractivity contribution in [1.29, 1.82) is 0 Å². The van der Waals surface area contributed by atoms with E-state index in [-0.39, 0.29) is 0 Å². The van der Waals surface area contributed by atoms with Gasteiger partial charge in [-0.25, -0.2) is 0 Å². The molecule has 3 rings (SSSR count). The van der Waals surface area contributed by atoms with Gasteiger partial charge in [0.2, 0.25) is 0 Å². The van der Waals surface area contributed by atoms with Gasteiger partial charge in [0.15, 0.2) is 0 Å². The van der Waals surface area contributed by atoms with E-state index in [0.29, 0.717) is 12.1 Å². The maximum absolute atomic E-state index is 5.27. The van der Waals surface area contributed by atoms with E-state index in [9.17, 15) is 0 Å². The monoisotopic (exact) mass is 267 g/mol. The average Bonchev–Trinajstić information content (AvgIpc) is 2.45. The van der Waals surface area contributed by atoms with Gasteiger partial charge in [0.1, 0.15) is 0 Å². The molecule has 2 nitrogen and oxygen atoms in total. The molecule has 104 valence electrons. The first kappa shape index (κ1) is 13.3. The van der Waals surface area contributed by atoms with Gasteiger partial charge in [-0.05, 0) is 24.0 Å². The molecule has 1 aliphatic heterocycles. The number of hydrogen-bond acceptors (Lipinski definition) is 2. The highest BCUT2D eigenvalue weighted by Crippen LogP contribution is 2.12. The van der Waals surface area contributed by atoms with Crippen LogP contribution in [0.2, 0.25) is 0 Å². The predicted octanol–water partition coefficient (Wildman–Crippen LogP) is 2.83. The van der Waals surface area contributed by atoms with Crippen LogP contribution in [-0.4, -0.2) is 25.3 Å². The van der Waals surface area contributed by atoms with Crippen LogP contribution in [0, 0.1) is 0 Å². The molecule has 0 spiro atoms. The van der Waals surface area contributed by atoms with E-state index in [4.69, 9.17) is 4.74 Å². The Hall–Kier alpha value is -1.64. The second-order valence-electron chi connectivity index (χ2n) is 5.48. The first-order chi connectivity index (χ1) is 9.90. The van der Waals surface area contributed by atoms with Gasteiger partial charge in [-0.3, -0.25) is 0 Å². The zero-order valence-electron chi connectivity index (χ0n) is 11.7. The lowest BCUT2D eigenvalue weighted by atomic mass is 9.98. The first-order valence-corrected chi connectivity index (χ1v) is 7.32. The molecule has 0 atom stereocenters. The highest BCUT2D eigenvalue weighted by atomic mass is 16.5. The minimum atomic E-state index is 0.466. The molecule has 1 heterocycles. The van der Waals surface area contributed by atoms with Gasteiger partial charge >= 0.3 is 0 Å². The topological polar surface area (TPSA) is 21.3 Å². The fourth-order valence-corrected chi connectivity index (χ4v) is 2.65. The Bertz CT molecular complexity index is 466. The molecule has 0 aliphatic carbocycles. The molecule has 2 heteroatoms. The van der Waals surface area contributed by atoms with Crippen molar-refractivity contribution in [1.82, 2.24) is 5.32 Å². The van der Waals surface area contributed by atoms with Crippen molar-refractivity contribution in [2.24, 2.45) is 0 Å². The molecule has 0 unspecified atom stereocenters. The second kappa shape index (κ2) is 6.69. The zero-order chi connectivity index (χ0) is 13.6. The van der Waals surface area contributed by atoms with E-state index in [1.165, 1.54) is 11.1 Å². The van der Waals surface area contributed by atoms with Crippen LogP contribution < -0.4 is 5.32 Å². The summed E-state index contributed by atoms with van der Waals surface area (Å²) in [6.07, 6.45) is 2.12. The molecule has 0 saturated carbocycles. The second-order valence-corrected chi connectivity index (χ2v) is 5.48. The summed E-state index contributed by atoms with van der Waals surface area (Å²) in [6.45, 7) is 1.69. The van der Waals surface area contributed by atoms with Crippen LogP contribution in [0.1, 0.15) is 11.1 Å². The van der Waals surface area contributed by atoms with Gasteiger partial charge in [-0.2, -0.15) is 0 Å². The fraction of sp³-hybridized carbons (Fsp3) is 0.333. The Morgan fingerprint density at radius 1 is 0.850 bits per heavy atom. The Morgan fingerprint density at radius 3 is 1.75 bits per heavy atom. The molecule has 1 fully saturated rings. The average molecular weight is 267 g/mol. The third-order valence-electron chi connectivity index (χ3n) is 3.76. The molecule has 0 amide bonds. The summed E-state index contributed by atoms with van der Waals surface area (Å²) in [5.74, 6) is 0. The fourth-order valence-electron chi connectivity index (χ4n) is 2.65. The number of hydrogen-bond donors (Lipinski definition) is 1. The lowest BCUT2D eigenvalue weighted by molar-refractivity contribution is -0.00995. The summed E-state index contributed by atoms with van der Waals surface area (Å²) < 4.78 is 5.27. The van der Waals surface area contributed by atoms with Gasteiger partial charge in [-0.15, -0.1) is 0 Å². The van der Waals surface area contributed by atoms with Gasteiger partial charge in [-0.1, -0.05) is 60.7 Å². The molecular formula is C18H21NO. The van der Waals surface area contributed by atoms with Gasteiger partial charge in [0.05, 0.1) is 19.3 Å². The van der Waals surface area contributed by atoms with Crippen molar-refractivity contribution >= 4 is 0 Å². The summed E-state index contributed by atoms with van der Waals surface area (Å²) in [7, 11) is 0. The van der Waals surface area contributed by atoms with E-state index in [0.717, 1.165) is 26.1 Å². The van der Waals surface area contributed by atoms with Gasteiger partial charge < -0.3 is 10.1 Å². The third-order valence-corrected chi connectivity index (χ3v) is 3.76. The van der Waals surface area contributed by atoms with Gasteiger partial charge in [0, 0.05) is 6.04 Å². The maximum atomic E-state index is 5.27. The summed E-state index contributed by atoms with van der Waals surface area (Å²) >= 11 is 0. The molecule has 1 N–H and O–H groups in total. The summed E-state index contributed by atoms with van der Waals surface area (Å²) in [6, 6.07) is 22.4. The lowest BCUT2D eigenvalue weighted by Gasteiger charge is -2.32. The summed E-state index contributed by atoms with van der Waals surface area (Å²) in [4.78, 5) is 0. The largest absolute Gasteiger partial charge is 0.378 e. The van der Waals surface area contributed by atoms with Crippen LogP contribution in [-0.2, 0) is 17.6 Å². The van der Waals surface area contributed by atoms with Crippen LogP contribution in [0.5, 0.6) is 0 Å². The lowest BCUT2D eigenvalue weighted by Crippen LogP contribution is -2.51. The van der Waals surface area contributed by atoms with Crippen LogP contribution >= 0.6 is 0 Å². The highest BCUT2D eigenvalue weighted by molar-refractivity contribution is 5.19. The van der Waals surface area contributed by atoms with E-state index in [2.05, 4.69) is 66.0 Å². The van der Waals surface area contributed by atoms with Crippen LogP contribution in [0.3, 0.4) is 0 Å². The van der Waals surface area contributed by atoms with Crippen LogP contribution in [0.25, 0.3) is 0 Å². The number of benzene rings is 2. The van der Waals surface area contributed by atoms with E-state index < -0.39 is 0 Å². The van der Waals surface area contributed by atoms with Crippen molar-refractivity contribution in [2.45, 2.75) is 24.9 Å². The highest BCUT2D eigenvalue weighted by Gasteiger charge is 2.22. The Balaban J connectivity index is 1.66. The van der Waals surface area contributed by atoms with Gasteiger partial charge in [0.25, 0.3) is 0 Å². The van der Waals surface area contributed by atoms with Crippen LogP contribution in [0.15, 0.2) is 60.7 Å². The molecule has 0 radical (unpaired) electrons. The van der Waals surface area contributed by atoms with E-state index in [1.807, 2.05) is 0 Å². The normalized spacial score (nSPS) is 15.2. The van der Waals surface area contributed by atoms with Crippen molar-refractivity contribution in [2.75, 3.05) is 13.2 Å². The Morgan fingerprint density at radius 2 is 1.35 bits per heavy atom. The zero-order valence-corrected chi connectivity index (χ0v) is 11.7. The number of rotatable bonds is 6. The maximum Gasteiger partial charge on any atom is 0.0643 e. The molecule has 2 aromatic carbocycles. The SMILES string of the molecule is c1ccc(CC(Cc2ccccc2)NC2COC2)cc1. The van der Waals surface area contributed by atoms with E-state index in [1.54, 1.807) is 0 Å². The molecule has 1 aliphatic rings. The van der Waals surface area contributed by atoms with Crippen molar-refractivity contribution in [3.63, 3.8) is 0 Å². The van der Waals surface area contributed by atoms with Crippen LogP contribution in [0.4, 0.5) is 0 Å². The summed E-state index contributed by atoms with van der Waals surface area (Å²) in [5, 5.41) is 3.73. The molecule has 0 aromatic heterocycles. The molecule has 1 saturated heterocycles. The predicted molar refractivity (Wildman–Crippen MR) is 81.8 cm³/mol. The molecule has 2 aromatic rings. The minimum Gasteiger partial charge on any atom is -0.378 e. The smallest absolute Gasteiger partial charge is 0.0643 e. The summed E-state index contributed by atoms with van der Waals surface area (Å²) in [5.41, 5.74) is 2.78. The van der Waals surface area contributed by atoms with Crippen molar-refractivity contribution in [3.05, 3.63) is 71.8 Å². The van der Waals surface area contributed by atoms with E-state index >= 15 is 0 Å². The Kier molecular flexibility index (Phi) is 4.46. The minimum absolute atomic E-state index is 0.466. The molecule has 20 heavy (non-hydrogen) atoms.